The number of nitrogens with one attached hydrogen (secondary N) is 2. The summed E-state index contributed by atoms with van der Waals surface area (Å²) in [7, 11) is -0.928. The van der Waals surface area contributed by atoms with Gasteiger partial charge >= 0.3 is 12.0 Å². The van der Waals surface area contributed by atoms with Crippen LogP contribution >= 0.6 is 0 Å². The fourth-order valence-corrected chi connectivity index (χ4v) is 2.30. The minimum Gasteiger partial charge on any atom is -0.505 e. The summed E-state index contributed by atoms with van der Waals surface area (Å²) >= 11 is 0. The molecule has 4 N–H and O–H groups in total. The Kier molecular flexibility index (Phi) is 6.16. The van der Waals surface area contributed by atoms with Crippen molar-refractivity contribution in [2.75, 3.05) is 17.3 Å². The molecule has 0 aliphatic heterocycles. The summed E-state index contributed by atoms with van der Waals surface area (Å²) in [4.78, 5) is 22.6. The van der Waals surface area contributed by atoms with Gasteiger partial charge in [-0.2, -0.15) is 0 Å². The molecule has 1 aromatic rings. The highest BCUT2D eigenvalue weighted by molar-refractivity contribution is 7.84. The smallest absolute Gasteiger partial charge is 0.339 e. The van der Waals surface area contributed by atoms with Crippen molar-refractivity contribution in [1.82, 2.24) is 5.32 Å². The molecular weight excluding hydrogens is 296 g/mol. The van der Waals surface area contributed by atoms with Gasteiger partial charge in [-0.05, 0) is 25.5 Å². The van der Waals surface area contributed by atoms with Crippen LogP contribution in [0.25, 0.3) is 0 Å². The number of carboxylic acids is 1. The number of carboxylic acid groups (broad SMARTS) is 1. The summed E-state index contributed by atoms with van der Waals surface area (Å²) in [5.41, 5.74) is -0.277. The van der Waals surface area contributed by atoms with Gasteiger partial charge in [-0.15, -0.1) is 0 Å². The zero-order valence-corrected chi connectivity index (χ0v) is 12.6. The lowest BCUT2D eigenvalue weighted by atomic mass is 10.1. The molecule has 0 bridgehead atoms. The van der Waals surface area contributed by atoms with Crippen LogP contribution in [0, 0.1) is 0 Å². The summed E-state index contributed by atoms with van der Waals surface area (Å²) in [6.45, 7) is 1.76. The van der Waals surface area contributed by atoms with Crippen molar-refractivity contribution < 1.29 is 24.0 Å². The Hall–Kier alpha value is -2.09. The molecule has 8 heteroatoms. The highest BCUT2D eigenvalue weighted by Crippen LogP contribution is 2.27. The predicted molar refractivity (Wildman–Crippen MR) is 80.2 cm³/mol. The predicted octanol–water partition coefficient (Wildman–Crippen LogP) is 1.37. The Morgan fingerprint density at radius 1 is 1.38 bits per heavy atom. The second-order valence-corrected chi connectivity index (χ2v) is 6.13. The average molecular weight is 314 g/mol. The number of para-hydroxylation sites is 1. The molecular formula is C13H18N2O5S. The molecule has 0 spiro atoms. The molecule has 2 amide bonds. The number of benzene rings is 1. The fourth-order valence-electron chi connectivity index (χ4n) is 1.61. The molecule has 2 atom stereocenters. The van der Waals surface area contributed by atoms with Crippen LogP contribution in [0.3, 0.4) is 0 Å². The van der Waals surface area contributed by atoms with E-state index in [9.17, 15) is 18.9 Å². The van der Waals surface area contributed by atoms with Crippen LogP contribution < -0.4 is 10.6 Å². The van der Waals surface area contributed by atoms with Crippen LogP contribution in [0.4, 0.5) is 10.5 Å². The molecule has 21 heavy (non-hydrogen) atoms. The van der Waals surface area contributed by atoms with E-state index in [0.29, 0.717) is 12.2 Å². The van der Waals surface area contributed by atoms with Crippen LogP contribution in [0.5, 0.6) is 5.75 Å². The Morgan fingerprint density at radius 3 is 2.62 bits per heavy atom. The number of carbonyl (C=O) groups excluding carboxylic acids is 1. The van der Waals surface area contributed by atoms with Crippen molar-refractivity contribution in [1.29, 1.82) is 0 Å². The zero-order valence-electron chi connectivity index (χ0n) is 11.8. The standard InChI is InChI=1S/C13H18N2O5S/c1-8(6-7-21(2)20)14-13(19)15-10-5-3-4-9(11(10)16)12(17)18/h3-5,8,16H,6-7H2,1-2H3,(H,17,18)(H2,14,15,19). The monoisotopic (exact) mass is 314 g/mol. The van der Waals surface area contributed by atoms with Gasteiger partial charge in [0.1, 0.15) is 5.56 Å². The molecule has 0 aliphatic carbocycles. The number of carbonyl (C=O) groups is 2. The summed E-state index contributed by atoms with van der Waals surface area (Å²) in [5.74, 6) is -1.31. The van der Waals surface area contributed by atoms with Gasteiger partial charge in [0.15, 0.2) is 5.75 Å². The van der Waals surface area contributed by atoms with Gasteiger partial charge in [0.25, 0.3) is 0 Å². The molecule has 1 aromatic carbocycles. The first-order valence-electron chi connectivity index (χ1n) is 6.24. The summed E-state index contributed by atoms with van der Waals surface area (Å²) in [5, 5.41) is 23.6. The first kappa shape index (κ1) is 17.0. The second kappa shape index (κ2) is 7.63. The normalized spacial score (nSPS) is 13.2. The summed E-state index contributed by atoms with van der Waals surface area (Å²) in [6, 6.07) is 3.29. The maximum atomic E-state index is 11.7. The third kappa shape index (κ3) is 5.42. The highest BCUT2D eigenvalue weighted by atomic mass is 32.2. The summed E-state index contributed by atoms with van der Waals surface area (Å²) in [6.07, 6.45) is 2.14. The maximum absolute atomic E-state index is 11.7. The van der Waals surface area contributed by atoms with E-state index in [4.69, 9.17) is 5.11 Å². The van der Waals surface area contributed by atoms with Crippen LogP contribution in [0.15, 0.2) is 18.2 Å². The van der Waals surface area contributed by atoms with E-state index >= 15 is 0 Å². The molecule has 0 heterocycles. The van der Waals surface area contributed by atoms with Gasteiger partial charge in [0.05, 0.1) is 5.69 Å². The van der Waals surface area contributed by atoms with Crippen LogP contribution in [-0.4, -0.2) is 44.5 Å². The lowest BCUT2D eigenvalue weighted by molar-refractivity contribution is 0.0693. The van der Waals surface area contributed by atoms with Crippen LogP contribution in [0.1, 0.15) is 23.7 Å². The third-order valence-corrected chi connectivity index (χ3v) is 3.54. The molecule has 0 saturated carbocycles. The van der Waals surface area contributed by atoms with Crippen molar-refractivity contribution in [2.45, 2.75) is 19.4 Å². The van der Waals surface area contributed by atoms with E-state index < -0.39 is 28.5 Å². The highest BCUT2D eigenvalue weighted by Gasteiger charge is 2.15. The first-order valence-corrected chi connectivity index (χ1v) is 7.96. The van der Waals surface area contributed by atoms with Crippen LogP contribution in [-0.2, 0) is 10.8 Å². The molecule has 0 saturated heterocycles. The lowest BCUT2D eigenvalue weighted by Crippen LogP contribution is -2.36. The van der Waals surface area contributed by atoms with Gasteiger partial charge in [-0.1, -0.05) is 6.07 Å². The van der Waals surface area contributed by atoms with E-state index in [-0.39, 0.29) is 17.3 Å². The molecule has 0 radical (unpaired) electrons. The van der Waals surface area contributed by atoms with E-state index in [1.54, 1.807) is 13.2 Å². The maximum Gasteiger partial charge on any atom is 0.339 e. The van der Waals surface area contributed by atoms with Crippen molar-refractivity contribution in [3.05, 3.63) is 23.8 Å². The Balaban J connectivity index is 2.65. The van der Waals surface area contributed by atoms with Gasteiger partial charge < -0.3 is 20.8 Å². The molecule has 7 nitrogen and oxygen atoms in total. The molecule has 0 aromatic heterocycles. The van der Waals surface area contributed by atoms with Crippen molar-refractivity contribution in [3.63, 3.8) is 0 Å². The van der Waals surface area contributed by atoms with Crippen LogP contribution in [0.2, 0.25) is 0 Å². The van der Waals surface area contributed by atoms with Gasteiger partial charge in [-0.3, -0.25) is 4.21 Å². The Morgan fingerprint density at radius 2 is 2.05 bits per heavy atom. The fraction of sp³-hybridized carbons (Fsp3) is 0.385. The zero-order chi connectivity index (χ0) is 16.0. The number of aromatic carboxylic acids is 1. The van der Waals surface area contributed by atoms with Gasteiger partial charge in [-0.25, -0.2) is 9.59 Å². The van der Waals surface area contributed by atoms with Gasteiger partial charge in [0.2, 0.25) is 0 Å². The number of hydrogen-bond acceptors (Lipinski definition) is 4. The van der Waals surface area contributed by atoms with E-state index in [0.717, 1.165) is 0 Å². The number of phenols is 1. The van der Waals surface area contributed by atoms with E-state index in [1.807, 2.05) is 0 Å². The molecule has 2 unspecified atom stereocenters. The number of rotatable bonds is 6. The SMILES string of the molecule is CC(CCS(C)=O)NC(=O)Nc1cccc(C(=O)O)c1O. The number of anilines is 1. The number of aromatic hydroxyl groups is 1. The average Bonchev–Trinajstić information content (AvgIpc) is 2.38. The number of amides is 2. The minimum atomic E-state index is -1.28. The van der Waals surface area contributed by atoms with Gasteiger partial charge in [0, 0.05) is 28.9 Å². The number of urea groups is 1. The number of hydrogen-bond donors (Lipinski definition) is 4. The largest absolute Gasteiger partial charge is 0.505 e. The van der Waals surface area contributed by atoms with Crippen molar-refractivity contribution in [3.8, 4) is 5.75 Å². The quantitative estimate of drug-likeness (QED) is 0.592. The Bertz CT molecular complexity index is 561. The minimum absolute atomic E-state index is 0.0127. The molecule has 0 aliphatic rings. The van der Waals surface area contributed by atoms with E-state index in [2.05, 4.69) is 10.6 Å². The second-order valence-electron chi connectivity index (χ2n) is 4.57. The Labute approximate surface area is 124 Å². The van der Waals surface area contributed by atoms with Crippen molar-refractivity contribution >= 4 is 28.5 Å². The lowest BCUT2D eigenvalue weighted by Gasteiger charge is -2.15. The summed E-state index contributed by atoms with van der Waals surface area (Å²) < 4.78 is 11.0. The first-order chi connectivity index (χ1) is 9.81. The molecule has 116 valence electrons. The molecule has 1 rings (SSSR count). The topological polar surface area (TPSA) is 116 Å². The third-order valence-electron chi connectivity index (χ3n) is 2.73. The van der Waals surface area contributed by atoms with Crippen molar-refractivity contribution in [2.24, 2.45) is 0 Å². The molecule has 0 fully saturated rings. The van der Waals surface area contributed by atoms with E-state index in [1.165, 1.54) is 18.2 Å².